The molecule has 2 heteroatoms. The second-order valence-electron chi connectivity index (χ2n) is 7.69. The first-order valence-electron chi connectivity index (χ1n) is 9.47. The Balaban J connectivity index is 3.00. The molecule has 0 aromatic heterocycles. The molecule has 0 aromatic carbocycles. The summed E-state index contributed by atoms with van der Waals surface area (Å²) in [4.78, 5) is 0. The van der Waals surface area contributed by atoms with Crippen LogP contribution in [-0.2, 0) is 0 Å². The van der Waals surface area contributed by atoms with E-state index in [2.05, 4.69) is 33.8 Å². The second-order valence-corrected chi connectivity index (χ2v) is 8.13. The van der Waals surface area contributed by atoms with Crippen LogP contribution < -0.4 is 0 Å². The van der Waals surface area contributed by atoms with Crippen molar-refractivity contribution < 1.29 is 4.48 Å². The molecule has 0 N–H and O–H groups in total. The summed E-state index contributed by atoms with van der Waals surface area (Å²) in [6.45, 7) is 1.33. The monoisotopic (exact) mass is 316 g/mol. The average molecular weight is 317 g/mol. The summed E-state index contributed by atoms with van der Waals surface area (Å²) in [5.74, 6) is 1.06. The van der Waals surface area contributed by atoms with Gasteiger partial charge in [-0.1, -0.05) is 70.6 Å². The quantitative estimate of drug-likeness (QED) is 0.199. The van der Waals surface area contributed by atoms with Crippen molar-refractivity contribution >= 4 is 12.6 Å². The number of rotatable bonds is 16. The number of thiol groups is 1. The van der Waals surface area contributed by atoms with Crippen molar-refractivity contribution in [1.29, 1.82) is 0 Å². The molecule has 1 nitrogen and oxygen atoms in total. The minimum Gasteiger partial charge on any atom is -0.331 e. The highest BCUT2D eigenvalue weighted by molar-refractivity contribution is 7.80. The van der Waals surface area contributed by atoms with Gasteiger partial charge in [0.05, 0.1) is 27.7 Å². The summed E-state index contributed by atoms with van der Waals surface area (Å²) in [6, 6.07) is 0. The first kappa shape index (κ1) is 21.3. The third-order valence-electron chi connectivity index (χ3n) is 4.24. The molecule has 0 radical (unpaired) electrons. The van der Waals surface area contributed by atoms with E-state index in [9.17, 15) is 0 Å². The topological polar surface area (TPSA) is 0 Å². The molecule has 128 valence electrons. The molecule has 0 fully saturated rings. The van der Waals surface area contributed by atoms with Crippen LogP contribution in [0.25, 0.3) is 0 Å². The SMILES string of the molecule is C[N+](C)(C)CCCCCCCCCCCCCCCCS. The average Bonchev–Trinajstić information content (AvgIpc) is 2.42. The molecule has 0 bridgehead atoms. The normalized spacial score (nSPS) is 12.0. The minimum atomic E-state index is 1.06. The Morgan fingerprint density at radius 1 is 0.476 bits per heavy atom. The highest BCUT2D eigenvalue weighted by atomic mass is 32.1. The van der Waals surface area contributed by atoms with Gasteiger partial charge in [0.2, 0.25) is 0 Å². The van der Waals surface area contributed by atoms with Crippen molar-refractivity contribution in [2.45, 2.75) is 89.9 Å². The van der Waals surface area contributed by atoms with Crippen LogP contribution in [0.15, 0.2) is 0 Å². The van der Waals surface area contributed by atoms with Gasteiger partial charge < -0.3 is 4.48 Å². The maximum Gasteiger partial charge on any atom is 0.0780 e. The van der Waals surface area contributed by atoms with Crippen LogP contribution in [0.1, 0.15) is 89.9 Å². The number of hydrogen-bond donors (Lipinski definition) is 1. The van der Waals surface area contributed by atoms with E-state index in [0.29, 0.717) is 0 Å². The Bertz CT molecular complexity index is 198. The number of unbranched alkanes of at least 4 members (excludes halogenated alkanes) is 13. The van der Waals surface area contributed by atoms with Gasteiger partial charge in [-0.05, 0) is 25.0 Å². The van der Waals surface area contributed by atoms with Crippen LogP contribution in [0.5, 0.6) is 0 Å². The fourth-order valence-electron chi connectivity index (χ4n) is 2.82. The third kappa shape index (κ3) is 20.3. The number of quaternary nitrogens is 1. The lowest BCUT2D eigenvalue weighted by molar-refractivity contribution is -0.870. The zero-order valence-electron chi connectivity index (χ0n) is 15.2. The van der Waals surface area contributed by atoms with Crippen molar-refractivity contribution in [3.8, 4) is 0 Å². The molecule has 0 spiro atoms. The molecule has 0 amide bonds. The van der Waals surface area contributed by atoms with Crippen LogP contribution in [-0.4, -0.2) is 37.9 Å². The van der Waals surface area contributed by atoms with E-state index in [1.807, 2.05) is 0 Å². The largest absolute Gasteiger partial charge is 0.331 e. The van der Waals surface area contributed by atoms with Crippen molar-refractivity contribution in [2.24, 2.45) is 0 Å². The van der Waals surface area contributed by atoms with Crippen LogP contribution in [0.3, 0.4) is 0 Å². The Labute approximate surface area is 140 Å². The molecular formula is C19H42NS+. The van der Waals surface area contributed by atoms with Gasteiger partial charge in [0.25, 0.3) is 0 Å². The standard InChI is InChI=1S/C19H41NS/c1-20(2,3)18-16-14-12-10-8-6-4-5-7-9-11-13-15-17-19-21/h4-19H2,1-3H3/p+1. The maximum absolute atomic E-state index is 4.25. The molecule has 21 heavy (non-hydrogen) atoms. The van der Waals surface area contributed by atoms with E-state index in [0.717, 1.165) is 10.2 Å². The Hall–Kier alpha value is 0.310. The van der Waals surface area contributed by atoms with E-state index >= 15 is 0 Å². The van der Waals surface area contributed by atoms with Crippen molar-refractivity contribution in [1.82, 2.24) is 0 Å². The Morgan fingerprint density at radius 3 is 1.05 bits per heavy atom. The zero-order valence-corrected chi connectivity index (χ0v) is 16.1. The van der Waals surface area contributed by atoms with Crippen LogP contribution in [0.4, 0.5) is 0 Å². The van der Waals surface area contributed by atoms with Crippen LogP contribution in [0, 0.1) is 0 Å². The van der Waals surface area contributed by atoms with Gasteiger partial charge in [0.1, 0.15) is 0 Å². The lowest BCUT2D eigenvalue weighted by Crippen LogP contribution is -2.35. The molecule has 0 aromatic rings. The molecule has 0 heterocycles. The summed E-state index contributed by atoms with van der Waals surface area (Å²) >= 11 is 4.25. The third-order valence-corrected chi connectivity index (χ3v) is 4.55. The predicted octanol–water partition coefficient (Wildman–Crippen LogP) is 6.08. The van der Waals surface area contributed by atoms with Crippen molar-refractivity contribution in [2.75, 3.05) is 33.4 Å². The summed E-state index contributed by atoms with van der Waals surface area (Å²) in [5.41, 5.74) is 0. The lowest BCUT2D eigenvalue weighted by atomic mass is 10.0. The minimum absolute atomic E-state index is 1.06. The molecule has 0 aliphatic carbocycles. The van der Waals surface area contributed by atoms with Gasteiger partial charge in [-0.3, -0.25) is 0 Å². The molecule has 0 saturated carbocycles. The summed E-state index contributed by atoms with van der Waals surface area (Å²) < 4.78 is 1.12. The summed E-state index contributed by atoms with van der Waals surface area (Å²) in [5, 5.41) is 0. The zero-order chi connectivity index (χ0) is 15.8. The molecule has 0 aliphatic rings. The molecule has 0 atom stereocenters. The van der Waals surface area contributed by atoms with Crippen LogP contribution >= 0.6 is 12.6 Å². The maximum atomic E-state index is 4.25. The Kier molecular flexibility index (Phi) is 15.4. The van der Waals surface area contributed by atoms with Gasteiger partial charge in [0, 0.05) is 0 Å². The van der Waals surface area contributed by atoms with Crippen LogP contribution in [0.2, 0.25) is 0 Å². The van der Waals surface area contributed by atoms with Gasteiger partial charge in [-0.25, -0.2) is 0 Å². The van der Waals surface area contributed by atoms with E-state index in [-0.39, 0.29) is 0 Å². The van der Waals surface area contributed by atoms with Gasteiger partial charge in [-0.15, -0.1) is 0 Å². The van der Waals surface area contributed by atoms with Crippen molar-refractivity contribution in [3.05, 3.63) is 0 Å². The van der Waals surface area contributed by atoms with Gasteiger partial charge in [0.15, 0.2) is 0 Å². The molecule has 0 rings (SSSR count). The van der Waals surface area contributed by atoms with E-state index in [4.69, 9.17) is 0 Å². The fraction of sp³-hybridized carbons (Fsp3) is 1.00. The smallest absolute Gasteiger partial charge is 0.0780 e. The van der Waals surface area contributed by atoms with Crippen molar-refractivity contribution in [3.63, 3.8) is 0 Å². The Morgan fingerprint density at radius 2 is 0.762 bits per heavy atom. The van der Waals surface area contributed by atoms with E-state index in [1.165, 1.54) is 96.4 Å². The molecule has 0 saturated heterocycles. The second kappa shape index (κ2) is 15.2. The first-order chi connectivity index (χ1) is 10.1. The lowest BCUT2D eigenvalue weighted by Gasteiger charge is -2.23. The first-order valence-corrected chi connectivity index (χ1v) is 10.1. The number of nitrogens with zero attached hydrogens (tertiary/aromatic N) is 1. The summed E-state index contributed by atoms with van der Waals surface area (Å²) in [7, 11) is 6.88. The molecule has 0 aliphatic heterocycles. The molecule has 0 unspecified atom stereocenters. The van der Waals surface area contributed by atoms with E-state index < -0.39 is 0 Å². The summed E-state index contributed by atoms with van der Waals surface area (Å²) in [6.07, 6.45) is 20.1. The van der Waals surface area contributed by atoms with Gasteiger partial charge >= 0.3 is 0 Å². The molecular weight excluding hydrogens is 274 g/mol. The fourth-order valence-corrected chi connectivity index (χ4v) is 3.04. The number of hydrogen-bond acceptors (Lipinski definition) is 1. The highest BCUT2D eigenvalue weighted by Gasteiger charge is 2.04. The predicted molar refractivity (Wildman–Crippen MR) is 101 cm³/mol. The van der Waals surface area contributed by atoms with E-state index in [1.54, 1.807) is 0 Å². The highest BCUT2D eigenvalue weighted by Crippen LogP contribution is 2.13. The van der Waals surface area contributed by atoms with Gasteiger partial charge in [-0.2, -0.15) is 12.6 Å².